The summed E-state index contributed by atoms with van der Waals surface area (Å²) in [5.74, 6) is -0.189. The zero-order chi connectivity index (χ0) is 10.3. The molecule has 1 saturated heterocycles. The van der Waals surface area contributed by atoms with E-state index in [-0.39, 0.29) is 11.9 Å². The standard InChI is InChI=1S/C9H12N4O2/c14-9-8-6-5-10-2-1-7(6)11-13(8)3-4-15-12-9/h5,7,11H,1-4H2,(H,12,14). The number of nitrogens with one attached hydrogen (secondary N) is 2. The molecule has 3 heterocycles. The zero-order valence-corrected chi connectivity index (χ0v) is 8.19. The summed E-state index contributed by atoms with van der Waals surface area (Å²) in [5.41, 5.74) is 7.33. The molecule has 1 fully saturated rings. The number of nitrogens with zero attached hydrogens (tertiary/aromatic N) is 2. The van der Waals surface area contributed by atoms with Crippen LogP contribution in [0.25, 0.3) is 0 Å². The van der Waals surface area contributed by atoms with Gasteiger partial charge in [-0.3, -0.25) is 19.6 Å². The van der Waals surface area contributed by atoms with E-state index in [9.17, 15) is 4.79 Å². The van der Waals surface area contributed by atoms with Gasteiger partial charge in [-0.05, 0) is 6.42 Å². The Kier molecular flexibility index (Phi) is 1.96. The molecule has 0 aromatic carbocycles. The first-order valence-electron chi connectivity index (χ1n) is 5.06. The van der Waals surface area contributed by atoms with Crippen molar-refractivity contribution in [3.05, 3.63) is 11.3 Å². The third-order valence-corrected chi connectivity index (χ3v) is 2.80. The van der Waals surface area contributed by atoms with E-state index in [2.05, 4.69) is 15.9 Å². The lowest BCUT2D eigenvalue weighted by Crippen LogP contribution is -2.40. The monoisotopic (exact) mass is 208 g/mol. The maximum Gasteiger partial charge on any atom is 0.292 e. The van der Waals surface area contributed by atoms with E-state index < -0.39 is 0 Å². The van der Waals surface area contributed by atoms with Crippen LogP contribution in [0.3, 0.4) is 0 Å². The molecule has 0 aliphatic carbocycles. The fourth-order valence-corrected chi connectivity index (χ4v) is 2.11. The van der Waals surface area contributed by atoms with E-state index in [1.54, 1.807) is 6.21 Å². The third-order valence-electron chi connectivity index (χ3n) is 2.80. The normalized spacial score (nSPS) is 29.7. The average Bonchev–Trinajstić information content (AvgIpc) is 2.53. The van der Waals surface area contributed by atoms with Gasteiger partial charge < -0.3 is 0 Å². The van der Waals surface area contributed by atoms with Gasteiger partial charge in [-0.25, -0.2) is 10.9 Å². The molecule has 3 rings (SSSR count). The number of hydroxylamine groups is 1. The van der Waals surface area contributed by atoms with E-state index in [0.29, 0.717) is 18.8 Å². The van der Waals surface area contributed by atoms with E-state index in [1.165, 1.54) is 0 Å². The van der Waals surface area contributed by atoms with E-state index >= 15 is 0 Å². The van der Waals surface area contributed by atoms with Crippen molar-refractivity contribution >= 4 is 12.1 Å². The van der Waals surface area contributed by atoms with Crippen LogP contribution in [0.2, 0.25) is 0 Å². The fourth-order valence-electron chi connectivity index (χ4n) is 2.11. The van der Waals surface area contributed by atoms with Crippen LogP contribution < -0.4 is 10.9 Å². The maximum atomic E-state index is 11.7. The Bertz CT molecular complexity index is 363. The molecule has 6 heteroatoms. The number of carbonyl (C=O) groups excluding carboxylic acids is 1. The Morgan fingerprint density at radius 3 is 3.47 bits per heavy atom. The molecule has 1 atom stereocenters. The topological polar surface area (TPSA) is 66.0 Å². The third kappa shape index (κ3) is 1.33. The van der Waals surface area contributed by atoms with Gasteiger partial charge in [0, 0.05) is 18.3 Å². The Morgan fingerprint density at radius 1 is 1.60 bits per heavy atom. The van der Waals surface area contributed by atoms with Crippen molar-refractivity contribution in [2.75, 3.05) is 19.7 Å². The lowest BCUT2D eigenvalue weighted by molar-refractivity contribution is -0.128. The molecular formula is C9H12N4O2. The lowest BCUT2D eigenvalue weighted by Gasteiger charge is -2.20. The highest BCUT2D eigenvalue weighted by Gasteiger charge is 2.36. The summed E-state index contributed by atoms with van der Waals surface area (Å²) in [5, 5.41) is 1.86. The van der Waals surface area contributed by atoms with Crippen molar-refractivity contribution in [1.82, 2.24) is 15.9 Å². The summed E-state index contributed by atoms with van der Waals surface area (Å²) < 4.78 is 0. The van der Waals surface area contributed by atoms with Crippen molar-refractivity contribution < 1.29 is 9.63 Å². The molecule has 80 valence electrons. The number of fused-ring (bicyclic) bond motifs is 2. The zero-order valence-electron chi connectivity index (χ0n) is 8.19. The summed E-state index contributed by atoms with van der Waals surface area (Å²) >= 11 is 0. The van der Waals surface area contributed by atoms with Crippen LogP contribution in [-0.4, -0.2) is 42.9 Å². The molecule has 1 unspecified atom stereocenters. The van der Waals surface area contributed by atoms with Crippen LogP contribution in [-0.2, 0) is 9.63 Å². The van der Waals surface area contributed by atoms with Crippen LogP contribution >= 0.6 is 0 Å². The summed E-state index contributed by atoms with van der Waals surface area (Å²) in [7, 11) is 0. The Hall–Kier alpha value is -1.40. The average molecular weight is 208 g/mol. The number of hydrazine groups is 1. The van der Waals surface area contributed by atoms with Crippen LogP contribution in [0, 0.1) is 0 Å². The molecule has 0 radical (unpaired) electrons. The van der Waals surface area contributed by atoms with Crippen LogP contribution in [0.4, 0.5) is 0 Å². The number of hydrogen-bond acceptors (Lipinski definition) is 5. The summed E-state index contributed by atoms with van der Waals surface area (Å²) in [6.07, 6.45) is 2.74. The van der Waals surface area contributed by atoms with E-state index in [4.69, 9.17) is 4.84 Å². The van der Waals surface area contributed by atoms with Crippen molar-refractivity contribution in [1.29, 1.82) is 0 Å². The second-order valence-electron chi connectivity index (χ2n) is 3.74. The number of amides is 1. The van der Waals surface area contributed by atoms with Crippen LogP contribution in [0.5, 0.6) is 0 Å². The first-order chi connectivity index (χ1) is 7.36. The molecule has 0 aromatic heterocycles. The number of aliphatic imine (C=N–C) groups is 1. The Labute approximate surface area is 86.9 Å². The summed E-state index contributed by atoms with van der Waals surface area (Å²) in [4.78, 5) is 20.9. The van der Waals surface area contributed by atoms with Gasteiger partial charge in [-0.2, -0.15) is 0 Å². The highest BCUT2D eigenvalue weighted by molar-refractivity contribution is 6.00. The van der Waals surface area contributed by atoms with Gasteiger partial charge in [0.2, 0.25) is 0 Å². The summed E-state index contributed by atoms with van der Waals surface area (Å²) in [6.45, 7) is 1.97. The van der Waals surface area contributed by atoms with Crippen molar-refractivity contribution in [3.63, 3.8) is 0 Å². The van der Waals surface area contributed by atoms with Gasteiger partial charge in [-0.15, -0.1) is 0 Å². The molecule has 1 amide bonds. The molecule has 0 saturated carbocycles. The molecule has 6 nitrogen and oxygen atoms in total. The summed E-state index contributed by atoms with van der Waals surface area (Å²) in [6, 6.07) is 0.237. The van der Waals surface area contributed by atoms with Crippen molar-refractivity contribution in [2.45, 2.75) is 12.5 Å². The Morgan fingerprint density at radius 2 is 2.53 bits per heavy atom. The molecule has 3 aliphatic heterocycles. The molecule has 15 heavy (non-hydrogen) atoms. The highest BCUT2D eigenvalue weighted by Crippen LogP contribution is 2.24. The van der Waals surface area contributed by atoms with Gasteiger partial charge in [0.25, 0.3) is 5.91 Å². The van der Waals surface area contributed by atoms with E-state index in [1.807, 2.05) is 5.01 Å². The largest absolute Gasteiger partial charge is 0.300 e. The number of carbonyl (C=O) groups is 1. The minimum Gasteiger partial charge on any atom is -0.300 e. The molecule has 0 spiro atoms. The van der Waals surface area contributed by atoms with Gasteiger partial charge in [0.1, 0.15) is 5.70 Å². The predicted molar refractivity (Wildman–Crippen MR) is 52.7 cm³/mol. The number of rotatable bonds is 0. The first-order valence-corrected chi connectivity index (χ1v) is 5.06. The van der Waals surface area contributed by atoms with Gasteiger partial charge in [0.05, 0.1) is 19.2 Å². The van der Waals surface area contributed by atoms with Gasteiger partial charge in [-0.1, -0.05) is 0 Å². The van der Waals surface area contributed by atoms with Crippen molar-refractivity contribution in [2.24, 2.45) is 4.99 Å². The van der Waals surface area contributed by atoms with Gasteiger partial charge in [0.15, 0.2) is 0 Å². The molecule has 2 N–H and O–H groups in total. The predicted octanol–water partition coefficient (Wildman–Crippen LogP) is -1.03. The smallest absolute Gasteiger partial charge is 0.292 e. The van der Waals surface area contributed by atoms with E-state index in [0.717, 1.165) is 18.5 Å². The second-order valence-corrected chi connectivity index (χ2v) is 3.74. The van der Waals surface area contributed by atoms with Gasteiger partial charge >= 0.3 is 0 Å². The highest BCUT2D eigenvalue weighted by atomic mass is 16.7. The quantitative estimate of drug-likeness (QED) is 0.534. The molecule has 0 aromatic rings. The Balaban J connectivity index is 2.03. The minimum absolute atomic E-state index is 0.189. The minimum atomic E-state index is -0.189. The lowest BCUT2D eigenvalue weighted by atomic mass is 10.0. The number of hydrogen-bond donors (Lipinski definition) is 2. The van der Waals surface area contributed by atoms with Crippen LogP contribution in [0.15, 0.2) is 16.3 Å². The van der Waals surface area contributed by atoms with Crippen LogP contribution in [0.1, 0.15) is 6.42 Å². The first kappa shape index (κ1) is 8.87. The maximum absolute atomic E-state index is 11.7. The molecule has 0 bridgehead atoms. The SMILES string of the molecule is O=C1NOCCN2NC3CCN=CC3=C12. The second kappa shape index (κ2) is 3.32. The van der Waals surface area contributed by atoms with Crippen molar-refractivity contribution in [3.8, 4) is 0 Å². The molecule has 3 aliphatic rings. The fraction of sp³-hybridized carbons (Fsp3) is 0.556. The molecular weight excluding hydrogens is 196 g/mol.